The van der Waals surface area contributed by atoms with E-state index in [1.165, 1.54) is 12.1 Å². The van der Waals surface area contributed by atoms with Gasteiger partial charge in [-0.1, -0.05) is 32.9 Å². The third-order valence-corrected chi connectivity index (χ3v) is 5.80. The van der Waals surface area contributed by atoms with Gasteiger partial charge in [-0.2, -0.15) is 18.4 Å². The number of primary amides is 1. The average Bonchev–Trinajstić information content (AvgIpc) is 2.72. The first kappa shape index (κ1) is 25.9. The maximum Gasteiger partial charge on any atom is 0.408 e. The Labute approximate surface area is 188 Å². The molecule has 1 saturated heterocycles. The lowest BCUT2D eigenvalue weighted by atomic mass is 9.96. The van der Waals surface area contributed by atoms with Gasteiger partial charge in [0, 0.05) is 31.9 Å². The van der Waals surface area contributed by atoms with Crippen LogP contribution in [-0.4, -0.2) is 67.2 Å². The summed E-state index contributed by atoms with van der Waals surface area (Å²) in [4.78, 5) is 17.5. The molecule has 2 N–H and O–H groups in total. The number of amides is 1. The summed E-state index contributed by atoms with van der Waals surface area (Å²) in [6, 6.07) is 4.78. The SMILES string of the molecule is CCCN1CCN(c2ccc(C(N(CC#N)[C@@H](CC(C)C)C(N)=O)C(F)(F)F)cc2)CC1. The van der Waals surface area contributed by atoms with Crippen LogP contribution in [0.5, 0.6) is 0 Å². The smallest absolute Gasteiger partial charge is 0.369 e. The van der Waals surface area contributed by atoms with Gasteiger partial charge >= 0.3 is 6.18 Å². The Morgan fingerprint density at radius 2 is 1.78 bits per heavy atom. The molecule has 2 atom stereocenters. The topological polar surface area (TPSA) is 76.6 Å². The van der Waals surface area contributed by atoms with Crippen LogP contribution < -0.4 is 10.6 Å². The number of alkyl halides is 3. The first-order chi connectivity index (χ1) is 15.1. The van der Waals surface area contributed by atoms with Crippen LogP contribution in [-0.2, 0) is 4.79 Å². The van der Waals surface area contributed by atoms with Crippen LogP contribution in [0.4, 0.5) is 18.9 Å². The standard InChI is InChI=1S/C23H34F3N5O/c1-4-10-29-12-14-30(15-13-29)19-7-5-18(6-8-19)21(23(24,25)26)31(11-9-27)20(22(28)32)16-17(2)3/h5-8,17,20-21H,4,10-16H2,1-3H3,(H2,28,32)/t20-,21?/m0/s1. The van der Waals surface area contributed by atoms with E-state index >= 15 is 0 Å². The minimum Gasteiger partial charge on any atom is -0.369 e. The van der Waals surface area contributed by atoms with E-state index in [-0.39, 0.29) is 17.9 Å². The van der Waals surface area contributed by atoms with Gasteiger partial charge in [-0.25, -0.2) is 0 Å². The van der Waals surface area contributed by atoms with Crippen LogP contribution in [0.25, 0.3) is 0 Å². The maximum atomic E-state index is 14.2. The van der Waals surface area contributed by atoms with Crippen LogP contribution in [0.1, 0.15) is 45.2 Å². The highest BCUT2D eigenvalue weighted by molar-refractivity contribution is 5.80. The summed E-state index contributed by atoms with van der Waals surface area (Å²) in [5, 5.41) is 9.22. The lowest BCUT2D eigenvalue weighted by Gasteiger charge is -2.38. The largest absolute Gasteiger partial charge is 0.408 e. The Hall–Kier alpha value is -2.31. The Kier molecular flexibility index (Phi) is 9.34. The molecule has 1 fully saturated rings. The van der Waals surface area contributed by atoms with E-state index < -0.39 is 30.7 Å². The van der Waals surface area contributed by atoms with Crippen molar-refractivity contribution in [2.45, 2.75) is 51.9 Å². The number of hydrogen-bond donors (Lipinski definition) is 1. The predicted molar refractivity (Wildman–Crippen MR) is 119 cm³/mol. The van der Waals surface area contributed by atoms with Gasteiger partial charge in [0.1, 0.15) is 6.04 Å². The normalized spacial score (nSPS) is 17.4. The predicted octanol–water partition coefficient (Wildman–Crippen LogP) is 3.55. The van der Waals surface area contributed by atoms with Gasteiger partial charge in [-0.3, -0.25) is 14.6 Å². The number of nitrogens with two attached hydrogens (primary N) is 1. The van der Waals surface area contributed by atoms with E-state index in [1.54, 1.807) is 32.0 Å². The number of piperazine rings is 1. The second-order valence-corrected chi connectivity index (χ2v) is 8.74. The lowest BCUT2D eigenvalue weighted by molar-refractivity contribution is -0.192. The second-order valence-electron chi connectivity index (χ2n) is 8.74. The molecule has 1 amide bonds. The van der Waals surface area contributed by atoms with Crippen molar-refractivity contribution in [3.05, 3.63) is 29.8 Å². The zero-order chi connectivity index (χ0) is 23.9. The van der Waals surface area contributed by atoms with Gasteiger partial charge in [0.05, 0.1) is 18.7 Å². The minimum absolute atomic E-state index is 0.00359. The molecule has 32 heavy (non-hydrogen) atoms. The molecule has 9 heteroatoms. The van der Waals surface area contributed by atoms with E-state index in [4.69, 9.17) is 5.73 Å². The first-order valence-corrected chi connectivity index (χ1v) is 11.1. The summed E-state index contributed by atoms with van der Waals surface area (Å²) < 4.78 is 42.6. The van der Waals surface area contributed by atoms with Gasteiger partial charge < -0.3 is 10.6 Å². The number of carbonyl (C=O) groups is 1. The molecule has 0 aromatic heterocycles. The minimum atomic E-state index is -4.67. The molecular weight excluding hydrogens is 419 g/mol. The molecule has 0 saturated carbocycles. The Bertz CT molecular complexity index is 767. The summed E-state index contributed by atoms with van der Waals surface area (Å²) in [6.45, 7) is 9.73. The highest BCUT2D eigenvalue weighted by Crippen LogP contribution is 2.40. The van der Waals surface area contributed by atoms with Gasteiger partial charge in [0.15, 0.2) is 0 Å². The zero-order valence-corrected chi connectivity index (χ0v) is 19.1. The van der Waals surface area contributed by atoms with Crippen LogP contribution >= 0.6 is 0 Å². The third kappa shape index (κ3) is 6.84. The first-order valence-electron chi connectivity index (χ1n) is 11.1. The number of anilines is 1. The summed E-state index contributed by atoms with van der Waals surface area (Å²) in [5.74, 6) is -0.916. The van der Waals surface area contributed by atoms with Gasteiger partial charge in [-0.05, 0) is 43.0 Å². The van der Waals surface area contributed by atoms with Crippen molar-refractivity contribution in [3.8, 4) is 6.07 Å². The van der Waals surface area contributed by atoms with Crippen LogP contribution in [0.15, 0.2) is 24.3 Å². The van der Waals surface area contributed by atoms with Crippen molar-refractivity contribution in [1.29, 1.82) is 5.26 Å². The Morgan fingerprint density at radius 1 is 1.19 bits per heavy atom. The molecule has 1 aliphatic heterocycles. The molecule has 1 aromatic rings. The molecule has 0 aliphatic carbocycles. The van der Waals surface area contributed by atoms with Crippen LogP contribution in [0.3, 0.4) is 0 Å². The second kappa shape index (κ2) is 11.5. The van der Waals surface area contributed by atoms with Crippen LogP contribution in [0.2, 0.25) is 0 Å². The number of hydrogen-bond acceptors (Lipinski definition) is 5. The number of nitrogens with zero attached hydrogens (tertiary/aromatic N) is 4. The molecule has 6 nitrogen and oxygen atoms in total. The highest BCUT2D eigenvalue weighted by atomic mass is 19.4. The molecule has 2 rings (SSSR count). The molecule has 0 spiro atoms. The van der Waals surface area contributed by atoms with E-state index in [0.29, 0.717) is 0 Å². The quantitative estimate of drug-likeness (QED) is 0.549. The number of halogens is 3. The number of nitriles is 1. The molecule has 1 unspecified atom stereocenters. The summed E-state index contributed by atoms with van der Waals surface area (Å²) in [5.41, 5.74) is 6.32. The fraction of sp³-hybridized carbons (Fsp3) is 0.652. The fourth-order valence-corrected chi connectivity index (χ4v) is 4.31. The summed E-state index contributed by atoms with van der Waals surface area (Å²) in [6.07, 6.45) is -3.44. The van der Waals surface area contributed by atoms with Crippen molar-refractivity contribution in [2.75, 3.05) is 44.2 Å². The summed E-state index contributed by atoms with van der Waals surface area (Å²) in [7, 11) is 0. The average molecular weight is 454 g/mol. The molecular formula is C23H34F3N5O. The number of carbonyl (C=O) groups excluding carboxylic acids is 1. The highest BCUT2D eigenvalue weighted by Gasteiger charge is 2.48. The Balaban J connectivity index is 2.30. The van der Waals surface area contributed by atoms with Crippen molar-refractivity contribution >= 4 is 11.6 Å². The van der Waals surface area contributed by atoms with E-state index in [9.17, 15) is 23.2 Å². The molecule has 0 radical (unpaired) electrons. The lowest BCUT2D eigenvalue weighted by Crippen LogP contribution is -2.51. The molecule has 1 aromatic carbocycles. The monoisotopic (exact) mass is 453 g/mol. The number of rotatable bonds is 10. The molecule has 1 aliphatic rings. The molecule has 178 valence electrons. The maximum absolute atomic E-state index is 14.2. The molecule has 1 heterocycles. The fourth-order valence-electron chi connectivity index (χ4n) is 4.31. The summed E-state index contributed by atoms with van der Waals surface area (Å²) >= 11 is 0. The Morgan fingerprint density at radius 3 is 2.22 bits per heavy atom. The third-order valence-electron chi connectivity index (χ3n) is 5.80. The molecule has 0 bridgehead atoms. The van der Waals surface area contributed by atoms with Gasteiger partial charge in [-0.15, -0.1) is 0 Å². The van der Waals surface area contributed by atoms with Crippen molar-refractivity contribution in [3.63, 3.8) is 0 Å². The van der Waals surface area contributed by atoms with E-state index in [1.807, 2.05) is 0 Å². The van der Waals surface area contributed by atoms with E-state index in [2.05, 4.69) is 16.7 Å². The zero-order valence-electron chi connectivity index (χ0n) is 19.1. The number of benzene rings is 1. The van der Waals surface area contributed by atoms with Crippen molar-refractivity contribution in [2.24, 2.45) is 11.7 Å². The van der Waals surface area contributed by atoms with Gasteiger partial charge in [0.2, 0.25) is 5.91 Å². The van der Waals surface area contributed by atoms with Crippen molar-refractivity contribution in [1.82, 2.24) is 9.80 Å². The van der Waals surface area contributed by atoms with Gasteiger partial charge in [0.25, 0.3) is 0 Å². The van der Waals surface area contributed by atoms with Crippen molar-refractivity contribution < 1.29 is 18.0 Å². The van der Waals surface area contributed by atoms with Crippen LogP contribution in [0, 0.1) is 17.2 Å². The van der Waals surface area contributed by atoms with E-state index in [0.717, 1.165) is 49.7 Å².